The Kier molecular flexibility index (Phi) is 4.95. The summed E-state index contributed by atoms with van der Waals surface area (Å²) in [7, 11) is 3.46. The molecule has 0 bridgehead atoms. The Labute approximate surface area is 102 Å². The lowest BCUT2D eigenvalue weighted by Crippen LogP contribution is -2.54. The molecule has 6 heteroatoms. The standard InChI is InChI=1S/C10H19N3O2S/c1-8(7-15-3)11-10(16)13-5-4-12(2)9(14)6-13/h8H,4-7H2,1-3H3,(H,11,16). The van der Waals surface area contributed by atoms with Gasteiger partial charge in [-0.25, -0.2) is 0 Å². The van der Waals surface area contributed by atoms with Crippen LogP contribution in [0.3, 0.4) is 0 Å². The predicted molar refractivity (Wildman–Crippen MR) is 66.3 cm³/mol. The molecule has 1 heterocycles. The fourth-order valence-electron chi connectivity index (χ4n) is 1.53. The third-order valence-corrected chi connectivity index (χ3v) is 2.91. The van der Waals surface area contributed by atoms with Crippen LogP contribution in [0.4, 0.5) is 0 Å². The van der Waals surface area contributed by atoms with Gasteiger partial charge in [0.15, 0.2) is 5.11 Å². The van der Waals surface area contributed by atoms with Crippen LogP contribution in [0.2, 0.25) is 0 Å². The van der Waals surface area contributed by atoms with E-state index in [1.165, 1.54) is 0 Å². The third kappa shape index (κ3) is 3.61. The molecule has 1 aliphatic rings. The summed E-state index contributed by atoms with van der Waals surface area (Å²) in [5.74, 6) is 0.106. The van der Waals surface area contributed by atoms with Crippen LogP contribution in [0, 0.1) is 0 Å². The zero-order valence-corrected chi connectivity index (χ0v) is 10.8. The molecule has 1 amide bonds. The summed E-state index contributed by atoms with van der Waals surface area (Å²) < 4.78 is 5.01. The number of hydrogen-bond acceptors (Lipinski definition) is 3. The zero-order valence-electron chi connectivity index (χ0n) is 10.0. The molecule has 0 aromatic rings. The first-order valence-electron chi connectivity index (χ1n) is 5.33. The van der Waals surface area contributed by atoms with E-state index in [1.807, 2.05) is 18.9 Å². The van der Waals surface area contributed by atoms with Crippen molar-refractivity contribution in [2.75, 3.05) is 40.4 Å². The molecule has 1 aliphatic heterocycles. The van der Waals surface area contributed by atoms with E-state index in [2.05, 4.69) is 5.32 Å². The Hall–Kier alpha value is -0.880. The summed E-state index contributed by atoms with van der Waals surface area (Å²) in [6, 6.07) is 0.159. The third-order valence-electron chi connectivity index (χ3n) is 2.53. The van der Waals surface area contributed by atoms with Gasteiger partial charge >= 0.3 is 0 Å². The summed E-state index contributed by atoms with van der Waals surface area (Å²) in [5.41, 5.74) is 0. The summed E-state index contributed by atoms with van der Waals surface area (Å²) in [6.45, 7) is 4.46. The smallest absolute Gasteiger partial charge is 0.241 e. The van der Waals surface area contributed by atoms with E-state index < -0.39 is 0 Å². The molecule has 0 radical (unpaired) electrons. The van der Waals surface area contributed by atoms with Crippen LogP contribution in [-0.2, 0) is 9.53 Å². The van der Waals surface area contributed by atoms with E-state index in [4.69, 9.17) is 17.0 Å². The highest BCUT2D eigenvalue weighted by Crippen LogP contribution is 2.01. The number of piperazine rings is 1. The average molecular weight is 245 g/mol. The van der Waals surface area contributed by atoms with Crippen LogP contribution in [-0.4, -0.2) is 67.3 Å². The van der Waals surface area contributed by atoms with Gasteiger partial charge in [-0.2, -0.15) is 0 Å². The molecule has 0 aliphatic carbocycles. The molecule has 0 spiro atoms. The summed E-state index contributed by atoms with van der Waals surface area (Å²) >= 11 is 5.24. The second-order valence-corrected chi connectivity index (χ2v) is 4.43. The maximum absolute atomic E-state index is 11.5. The van der Waals surface area contributed by atoms with Crippen LogP contribution in [0.5, 0.6) is 0 Å². The summed E-state index contributed by atoms with van der Waals surface area (Å²) in [6.07, 6.45) is 0. The van der Waals surface area contributed by atoms with E-state index in [1.54, 1.807) is 12.0 Å². The van der Waals surface area contributed by atoms with Gasteiger partial charge in [-0.1, -0.05) is 0 Å². The number of thiocarbonyl (C=S) groups is 1. The lowest BCUT2D eigenvalue weighted by atomic mass is 10.3. The quantitative estimate of drug-likeness (QED) is 0.690. The number of carbonyl (C=O) groups is 1. The van der Waals surface area contributed by atoms with Crippen molar-refractivity contribution >= 4 is 23.2 Å². The van der Waals surface area contributed by atoms with Gasteiger partial charge in [0.2, 0.25) is 5.91 Å². The number of ether oxygens (including phenoxy) is 1. The minimum absolute atomic E-state index is 0.106. The maximum atomic E-state index is 11.5. The van der Waals surface area contributed by atoms with Crippen LogP contribution in [0.25, 0.3) is 0 Å². The topological polar surface area (TPSA) is 44.8 Å². The molecule has 1 unspecified atom stereocenters. The van der Waals surface area contributed by atoms with Crippen molar-refractivity contribution in [2.24, 2.45) is 0 Å². The number of nitrogens with zero attached hydrogens (tertiary/aromatic N) is 2. The second kappa shape index (κ2) is 6.00. The molecule has 1 atom stereocenters. The number of nitrogens with one attached hydrogen (secondary N) is 1. The van der Waals surface area contributed by atoms with Crippen LogP contribution >= 0.6 is 12.2 Å². The van der Waals surface area contributed by atoms with E-state index in [0.717, 1.165) is 13.1 Å². The number of methoxy groups -OCH3 is 1. The Balaban J connectivity index is 2.40. The second-order valence-electron chi connectivity index (χ2n) is 4.04. The highest BCUT2D eigenvalue weighted by Gasteiger charge is 2.23. The molecular formula is C10H19N3O2S. The Bertz CT molecular complexity index is 273. The fraction of sp³-hybridized carbons (Fsp3) is 0.800. The van der Waals surface area contributed by atoms with E-state index in [9.17, 15) is 4.79 Å². The van der Waals surface area contributed by atoms with Crippen LogP contribution < -0.4 is 5.32 Å². The molecular weight excluding hydrogens is 226 g/mol. The lowest BCUT2D eigenvalue weighted by molar-refractivity contribution is -0.132. The molecule has 0 saturated carbocycles. The number of rotatable bonds is 3. The van der Waals surface area contributed by atoms with Gasteiger partial charge in [0.05, 0.1) is 13.2 Å². The Morgan fingerprint density at radius 1 is 1.62 bits per heavy atom. The molecule has 16 heavy (non-hydrogen) atoms. The van der Waals surface area contributed by atoms with Gasteiger partial charge in [0.1, 0.15) is 0 Å². The normalized spacial score (nSPS) is 18.6. The van der Waals surface area contributed by atoms with Crippen molar-refractivity contribution in [1.82, 2.24) is 15.1 Å². The van der Waals surface area contributed by atoms with Gasteiger partial charge in [-0.3, -0.25) is 4.79 Å². The number of likely N-dealkylation sites (N-methyl/N-ethyl adjacent to an activating group) is 1. The molecule has 5 nitrogen and oxygen atoms in total. The molecule has 92 valence electrons. The molecule has 0 aromatic carbocycles. The SMILES string of the molecule is COCC(C)NC(=S)N1CCN(C)C(=O)C1. The maximum Gasteiger partial charge on any atom is 0.241 e. The zero-order chi connectivity index (χ0) is 12.1. The summed E-state index contributed by atoms with van der Waals surface area (Å²) in [4.78, 5) is 15.1. The Morgan fingerprint density at radius 3 is 2.88 bits per heavy atom. The number of carbonyl (C=O) groups excluding carboxylic acids is 1. The number of hydrogen-bond donors (Lipinski definition) is 1. The van der Waals surface area contributed by atoms with Crippen molar-refractivity contribution in [3.8, 4) is 0 Å². The van der Waals surface area contributed by atoms with Crippen molar-refractivity contribution in [1.29, 1.82) is 0 Å². The molecule has 1 fully saturated rings. The first-order chi connectivity index (χ1) is 7.54. The monoisotopic (exact) mass is 245 g/mol. The Morgan fingerprint density at radius 2 is 2.31 bits per heavy atom. The minimum Gasteiger partial charge on any atom is -0.383 e. The van der Waals surface area contributed by atoms with E-state index in [-0.39, 0.29) is 11.9 Å². The van der Waals surface area contributed by atoms with Crippen molar-refractivity contribution in [2.45, 2.75) is 13.0 Å². The van der Waals surface area contributed by atoms with Gasteiger partial charge in [-0.15, -0.1) is 0 Å². The largest absolute Gasteiger partial charge is 0.383 e. The van der Waals surface area contributed by atoms with Crippen molar-refractivity contribution in [3.05, 3.63) is 0 Å². The van der Waals surface area contributed by atoms with Gasteiger partial charge in [-0.05, 0) is 19.1 Å². The molecule has 1 rings (SSSR count). The molecule has 1 saturated heterocycles. The van der Waals surface area contributed by atoms with Crippen molar-refractivity contribution < 1.29 is 9.53 Å². The molecule has 0 aromatic heterocycles. The fourth-order valence-corrected chi connectivity index (χ4v) is 1.88. The van der Waals surface area contributed by atoms with Crippen molar-refractivity contribution in [3.63, 3.8) is 0 Å². The average Bonchev–Trinajstić information content (AvgIpc) is 2.22. The summed E-state index contributed by atoms with van der Waals surface area (Å²) in [5, 5.41) is 3.78. The molecule has 1 N–H and O–H groups in total. The van der Waals surface area contributed by atoms with Crippen LogP contribution in [0.15, 0.2) is 0 Å². The predicted octanol–water partition coefficient (Wildman–Crippen LogP) is -0.330. The highest BCUT2D eigenvalue weighted by atomic mass is 32.1. The first kappa shape index (κ1) is 13.2. The van der Waals surface area contributed by atoms with Gasteiger partial charge in [0, 0.05) is 33.3 Å². The minimum atomic E-state index is 0.106. The highest BCUT2D eigenvalue weighted by molar-refractivity contribution is 7.80. The van der Waals surface area contributed by atoms with E-state index in [0.29, 0.717) is 18.3 Å². The van der Waals surface area contributed by atoms with Gasteiger partial charge < -0.3 is 19.9 Å². The van der Waals surface area contributed by atoms with Crippen LogP contribution in [0.1, 0.15) is 6.92 Å². The number of amides is 1. The lowest BCUT2D eigenvalue weighted by Gasteiger charge is -2.34. The van der Waals surface area contributed by atoms with E-state index >= 15 is 0 Å². The van der Waals surface area contributed by atoms with Gasteiger partial charge in [0.25, 0.3) is 0 Å². The first-order valence-corrected chi connectivity index (χ1v) is 5.73.